The van der Waals surface area contributed by atoms with Crippen LogP contribution in [-0.4, -0.2) is 18.5 Å². The summed E-state index contributed by atoms with van der Waals surface area (Å²) in [5, 5.41) is 2.78. The van der Waals surface area contributed by atoms with E-state index in [0.29, 0.717) is 5.69 Å². The van der Waals surface area contributed by atoms with Gasteiger partial charge in [-0.25, -0.2) is 4.39 Å². The molecule has 0 saturated heterocycles. The van der Waals surface area contributed by atoms with Crippen molar-refractivity contribution in [2.75, 3.05) is 11.9 Å². The summed E-state index contributed by atoms with van der Waals surface area (Å²) >= 11 is 5.84. The molecule has 6 heteroatoms. The topological polar surface area (TPSA) is 55.4 Å². The predicted molar refractivity (Wildman–Crippen MR) is 90.6 cm³/mol. The maximum atomic E-state index is 13.6. The summed E-state index contributed by atoms with van der Waals surface area (Å²) in [6.07, 6.45) is -0.331. The van der Waals surface area contributed by atoms with Crippen LogP contribution in [0.15, 0.2) is 36.4 Å². The maximum absolute atomic E-state index is 13.6. The van der Waals surface area contributed by atoms with Crippen LogP contribution in [0, 0.1) is 19.7 Å². The number of halogens is 2. The van der Waals surface area contributed by atoms with Gasteiger partial charge in [0.2, 0.25) is 0 Å². The highest BCUT2D eigenvalue weighted by Gasteiger charge is 2.14. The Morgan fingerprint density at radius 2 is 1.92 bits per heavy atom. The van der Waals surface area contributed by atoms with Crippen LogP contribution < -0.4 is 5.32 Å². The summed E-state index contributed by atoms with van der Waals surface area (Å²) in [4.78, 5) is 23.6. The third-order valence-electron chi connectivity index (χ3n) is 3.54. The zero-order chi connectivity index (χ0) is 17.7. The lowest BCUT2D eigenvalue weighted by Crippen LogP contribution is -2.22. The molecule has 4 nitrogen and oxygen atoms in total. The number of esters is 1. The Balaban J connectivity index is 1.87. The third kappa shape index (κ3) is 4.80. The van der Waals surface area contributed by atoms with Crippen LogP contribution in [-0.2, 0) is 20.7 Å². The van der Waals surface area contributed by atoms with Crippen molar-refractivity contribution in [3.63, 3.8) is 0 Å². The quantitative estimate of drug-likeness (QED) is 0.835. The van der Waals surface area contributed by atoms with Gasteiger partial charge in [-0.2, -0.15) is 0 Å². The molecule has 24 heavy (non-hydrogen) atoms. The van der Waals surface area contributed by atoms with Crippen molar-refractivity contribution >= 4 is 29.2 Å². The second kappa shape index (κ2) is 7.93. The van der Waals surface area contributed by atoms with Crippen molar-refractivity contribution in [1.82, 2.24) is 0 Å². The number of carbonyl (C=O) groups is 2. The van der Waals surface area contributed by atoms with Crippen LogP contribution in [0.1, 0.15) is 16.7 Å². The van der Waals surface area contributed by atoms with Gasteiger partial charge in [-0.3, -0.25) is 9.59 Å². The number of rotatable bonds is 5. The minimum atomic E-state index is -0.725. The van der Waals surface area contributed by atoms with E-state index in [0.717, 1.165) is 11.1 Å². The molecule has 2 aromatic rings. The fourth-order valence-electron chi connectivity index (χ4n) is 2.06. The Morgan fingerprint density at radius 3 is 2.58 bits per heavy atom. The molecule has 0 heterocycles. The molecule has 126 valence electrons. The van der Waals surface area contributed by atoms with E-state index in [9.17, 15) is 14.0 Å². The highest BCUT2D eigenvalue weighted by atomic mass is 35.5. The van der Waals surface area contributed by atoms with E-state index in [1.54, 1.807) is 6.07 Å². The number of nitrogens with one attached hydrogen (secondary N) is 1. The minimum absolute atomic E-state index is 0.0544. The summed E-state index contributed by atoms with van der Waals surface area (Å²) in [5.74, 6) is -1.78. The Bertz CT molecular complexity index is 757. The molecule has 1 N–H and O–H groups in total. The molecule has 1 amide bonds. The van der Waals surface area contributed by atoms with Crippen molar-refractivity contribution in [3.8, 4) is 0 Å². The molecular weight excluding hydrogens is 333 g/mol. The maximum Gasteiger partial charge on any atom is 0.310 e. The van der Waals surface area contributed by atoms with Crippen molar-refractivity contribution < 1.29 is 18.7 Å². The SMILES string of the molecule is Cc1ccc(NC(=O)COC(=O)Cc2c(F)cccc2Cl)cc1C. The Morgan fingerprint density at radius 1 is 1.17 bits per heavy atom. The van der Waals surface area contributed by atoms with Crippen LogP contribution >= 0.6 is 11.6 Å². The lowest BCUT2D eigenvalue weighted by Gasteiger charge is -2.09. The molecule has 0 spiro atoms. The number of hydrogen-bond donors (Lipinski definition) is 1. The van der Waals surface area contributed by atoms with Gasteiger partial charge >= 0.3 is 5.97 Å². The molecular formula is C18H17ClFNO3. The van der Waals surface area contributed by atoms with Gasteiger partial charge in [-0.15, -0.1) is 0 Å². The summed E-state index contributed by atoms with van der Waals surface area (Å²) in [5.41, 5.74) is 2.83. The lowest BCUT2D eigenvalue weighted by atomic mass is 10.1. The second-order valence-corrected chi connectivity index (χ2v) is 5.79. The van der Waals surface area contributed by atoms with Gasteiger partial charge < -0.3 is 10.1 Å². The number of hydrogen-bond acceptors (Lipinski definition) is 3. The molecule has 0 aliphatic rings. The molecule has 0 radical (unpaired) electrons. The fourth-order valence-corrected chi connectivity index (χ4v) is 2.29. The zero-order valence-corrected chi connectivity index (χ0v) is 14.1. The summed E-state index contributed by atoms with van der Waals surface area (Å²) in [7, 11) is 0. The smallest absolute Gasteiger partial charge is 0.310 e. The molecule has 2 rings (SSSR count). The summed E-state index contributed by atoms with van der Waals surface area (Å²) in [6.45, 7) is 3.46. The molecule has 0 atom stereocenters. The molecule has 0 aliphatic heterocycles. The standard InChI is InChI=1S/C18H17ClFNO3/c1-11-6-7-13(8-12(11)2)21-17(22)10-24-18(23)9-14-15(19)4-3-5-16(14)20/h3-8H,9-10H2,1-2H3,(H,21,22). The molecule has 0 unspecified atom stereocenters. The van der Waals surface area contributed by atoms with Crippen LogP contribution in [0.2, 0.25) is 5.02 Å². The largest absolute Gasteiger partial charge is 0.455 e. The highest BCUT2D eigenvalue weighted by Crippen LogP contribution is 2.19. The van der Waals surface area contributed by atoms with Crippen molar-refractivity contribution in [2.45, 2.75) is 20.3 Å². The number of carbonyl (C=O) groups excluding carboxylic acids is 2. The molecule has 0 saturated carbocycles. The van der Waals surface area contributed by atoms with Crippen LogP contribution in [0.25, 0.3) is 0 Å². The predicted octanol–water partition coefficient (Wildman–Crippen LogP) is 3.82. The van der Waals surface area contributed by atoms with Crippen LogP contribution in [0.3, 0.4) is 0 Å². The molecule has 0 aliphatic carbocycles. The van der Waals surface area contributed by atoms with Crippen molar-refractivity contribution in [1.29, 1.82) is 0 Å². The molecule has 0 fully saturated rings. The van der Waals surface area contributed by atoms with Crippen molar-refractivity contribution in [3.05, 3.63) is 63.9 Å². The van der Waals surface area contributed by atoms with Gasteiger partial charge in [0.05, 0.1) is 6.42 Å². The summed E-state index contributed by atoms with van der Waals surface area (Å²) < 4.78 is 18.5. The number of benzene rings is 2. The number of ether oxygens (including phenoxy) is 1. The first-order valence-electron chi connectivity index (χ1n) is 7.32. The van der Waals surface area contributed by atoms with E-state index in [2.05, 4.69) is 5.32 Å². The van der Waals surface area contributed by atoms with E-state index < -0.39 is 24.3 Å². The number of anilines is 1. The fraction of sp³-hybridized carbons (Fsp3) is 0.222. The Hall–Kier alpha value is -2.40. The lowest BCUT2D eigenvalue weighted by molar-refractivity contribution is -0.146. The normalized spacial score (nSPS) is 10.3. The first-order valence-corrected chi connectivity index (χ1v) is 7.70. The third-order valence-corrected chi connectivity index (χ3v) is 3.89. The van der Waals surface area contributed by atoms with Gasteiger partial charge in [0.15, 0.2) is 6.61 Å². The average molecular weight is 350 g/mol. The van der Waals surface area contributed by atoms with Gasteiger partial charge in [-0.1, -0.05) is 23.7 Å². The van der Waals surface area contributed by atoms with Gasteiger partial charge in [0.25, 0.3) is 5.91 Å². The van der Waals surface area contributed by atoms with E-state index in [4.69, 9.17) is 16.3 Å². The van der Waals surface area contributed by atoms with E-state index >= 15 is 0 Å². The van der Waals surface area contributed by atoms with Crippen LogP contribution in [0.5, 0.6) is 0 Å². The van der Waals surface area contributed by atoms with Gasteiger partial charge in [0, 0.05) is 16.3 Å². The van der Waals surface area contributed by atoms with Gasteiger partial charge in [-0.05, 0) is 49.2 Å². The molecule has 0 bridgehead atoms. The first-order chi connectivity index (χ1) is 11.4. The number of amides is 1. The minimum Gasteiger partial charge on any atom is -0.455 e. The van der Waals surface area contributed by atoms with Gasteiger partial charge in [0.1, 0.15) is 5.82 Å². The zero-order valence-electron chi connectivity index (χ0n) is 13.4. The van der Waals surface area contributed by atoms with E-state index in [1.165, 1.54) is 18.2 Å². The first kappa shape index (κ1) is 17.9. The van der Waals surface area contributed by atoms with Crippen molar-refractivity contribution in [2.24, 2.45) is 0 Å². The molecule has 0 aromatic heterocycles. The second-order valence-electron chi connectivity index (χ2n) is 5.38. The molecule has 2 aromatic carbocycles. The monoisotopic (exact) mass is 349 g/mol. The summed E-state index contributed by atoms with van der Waals surface area (Å²) in [6, 6.07) is 9.62. The highest BCUT2D eigenvalue weighted by molar-refractivity contribution is 6.31. The Kier molecular flexibility index (Phi) is 5.93. The van der Waals surface area contributed by atoms with Crippen LogP contribution in [0.4, 0.5) is 10.1 Å². The average Bonchev–Trinajstić information content (AvgIpc) is 2.53. The van der Waals surface area contributed by atoms with E-state index in [1.807, 2.05) is 26.0 Å². The Labute approximate surface area is 144 Å². The van der Waals surface area contributed by atoms with E-state index in [-0.39, 0.29) is 17.0 Å². The number of aryl methyl sites for hydroxylation is 2.